The molecule has 0 fully saturated rings. The second kappa shape index (κ2) is 4.10. The summed E-state index contributed by atoms with van der Waals surface area (Å²) >= 11 is 6.58. The number of hydrogen-bond acceptors (Lipinski definition) is 1. The van der Waals surface area contributed by atoms with Gasteiger partial charge in [0.2, 0.25) is 0 Å². The first-order chi connectivity index (χ1) is 5.59. The van der Waals surface area contributed by atoms with Crippen LogP contribution in [0.1, 0.15) is 11.1 Å². The third kappa shape index (κ3) is 2.64. The second-order valence-electron chi connectivity index (χ2n) is 2.57. The molecule has 0 unspecified atom stereocenters. The molecule has 0 saturated carbocycles. The Kier molecular flexibility index (Phi) is 3.35. The summed E-state index contributed by atoms with van der Waals surface area (Å²) in [5.41, 5.74) is 8.77. The molecule has 1 aromatic carbocycles. The maximum atomic E-state index is 5.75. The molecular formula is C9H9Br2N. The van der Waals surface area contributed by atoms with E-state index in [4.69, 9.17) is 5.73 Å². The Morgan fingerprint density at radius 1 is 1.42 bits per heavy atom. The predicted octanol–water partition coefficient (Wildman–Crippen LogP) is 3.67. The first-order valence-electron chi connectivity index (χ1n) is 3.48. The summed E-state index contributed by atoms with van der Waals surface area (Å²) in [6, 6.07) is 5.94. The fourth-order valence-electron chi connectivity index (χ4n) is 0.937. The number of nitrogen functional groups attached to an aromatic ring is 1. The summed E-state index contributed by atoms with van der Waals surface area (Å²) in [6.07, 6.45) is 1.93. The van der Waals surface area contributed by atoms with Crippen molar-refractivity contribution in [2.45, 2.75) is 6.92 Å². The predicted molar refractivity (Wildman–Crippen MR) is 61.4 cm³/mol. The Morgan fingerprint density at radius 3 is 2.67 bits per heavy atom. The standard InChI is InChI=1S/C9H9Br2N/c1-6-2-3-8(12)7(4-6)5-9(10)11/h2-5H,12H2,1H3. The lowest BCUT2D eigenvalue weighted by Crippen LogP contribution is -1.89. The number of aryl methyl sites for hydroxylation is 1. The fraction of sp³-hybridized carbons (Fsp3) is 0.111. The minimum Gasteiger partial charge on any atom is -0.398 e. The molecular weight excluding hydrogens is 282 g/mol. The minimum atomic E-state index is 0.789. The van der Waals surface area contributed by atoms with Crippen LogP contribution >= 0.6 is 31.9 Å². The van der Waals surface area contributed by atoms with Gasteiger partial charge in [-0.15, -0.1) is 0 Å². The van der Waals surface area contributed by atoms with Crippen molar-refractivity contribution in [1.82, 2.24) is 0 Å². The van der Waals surface area contributed by atoms with Gasteiger partial charge in [-0.1, -0.05) is 11.6 Å². The highest BCUT2D eigenvalue weighted by Gasteiger charge is 1.95. The normalized spacial score (nSPS) is 9.58. The molecule has 0 bridgehead atoms. The molecule has 1 rings (SSSR count). The Hall–Kier alpha value is -0.280. The molecule has 0 aliphatic carbocycles. The van der Waals surface area contributed by atoms with E-state index in [2.05, 4.69) is 31.9 Å². The van der Waals surface area contributed by atoms with E-state index in [9.17, 15) is 0 Å². The molecule has 0 spiro atoms. The van der Waals surface area contributed by atoms with Crippen molar-refractivity contribution < 1.29 is 0 Å². The molecule has 0 radical (unpaired) electrons. The number of nitrogens with two attached hydrogens (primary N) is 1. The molecule has 64 valence electrons. The first-order valence-corrected chi connectivity index (χ1v) is 5.07. The molecule has 0 aliphatic heterocycles. The lowest BCUT2D eigenvalue weighted by Gasteiger charge is -2.01. The average molecular weight is 291 g/mol. The van der Waals surface area contributed by atoms with Crippen molar-refractivity contribution in [3.05, 3.63) is 32.7 Å². The van der Waals surface area contributed by atoms with E-state index in [0.717, 1.165) is 14.6 Å². The van der Waals surface area contributed by atoms with Crippen molar-refractivity contribution in [3.8, 4) is 0 Å². The van der Waals surface area contributed by atoms with Gasteiger partial charge in [-0.05, 0) is 62.6 Å². The number of hydrogen-bond donors (Lipinski definition) is 1. The van der Waals surface area contributed by atoms with E-state index >= 15 is 0 Å². The average Bonchev–Trinajstić information content (AvgIpc) is 1.96. The van der Waals surface area contributed by atoms with Crippen LogP contribution in [0.2, 0.25) is 0 Å². The van der Waals surface area contributed by atoms with Gasteiger partial charge in [-0.2, -0.15) is 0 Å². The largest absolute Gasteiger partial charge is 0.398 e. The van der Waals surface area contributed by atoms with Crippen LogP contribution in [0.15, 0.2) is 21.6 Å². The topological polar surface area (TPSA) is 26.0 Å². The van der Waals surface area contributed by atoms with Gasteiger partial charge in [-0.25, -0.2) is 0 Å². The summed E-state index contributed by atoms with van der Waals surface area (Å²) in [6.45, 7) is 2.04. The highest BCUT2D eigenvalue weighted by Crippen LogP contribution is 2.22. The van der Waals surface area contributed by atoms with Gasteiger partial charge in [0.05, 0.1) is 3.39 Å². The molecule has 0 amide bonds. The highest BCUT2D eigenvalue weighted by atomic mass is 79.9. The monoisotopic (exact) mass is 289 g/mol. The summed E-state index contributed by atoms with van der Waals surface area (Å²) in [5, 5.41) is 0. The summed E-state index contributed by atoms with van der Waals surface area (Å²) in [5.74, 6) is 0. The number of anilines is 1. The summed E-state index contributed by atoms with van der Waals surface area (Å²) in [7, 11) is 0. The van der Waals surface area contributed by atoms with Crippen LogP contribution in [-0.4, -0.2) is 0 Å². The SMILES string of the molecule is Cc1ccc(N)c(C=C(Br)Br)c1. The van der Waals surface area contributed by atoms with Crippen LogP contribution < -0.4 is 5.73 Å². The highest BCUT2D eigenvalue weighted by molar-refractivity contribution is 9.28. The smallest absolute Gasteiger partial charge is 0.0610 e. The second-order valence-corrected chi connectivity index (χ2v) is 5.34. The molecule has 0 saturated heterocycles. The van der Waals surface area contributed by atoms with Gasteiger partial charge < -0.3 is 5.73 Å². The van der Waals surface area contributed by atoms with Gasteiger partial charge in [-0.3, -0.25) is 0 Å². The molecule has 0 heterocycles. The van der Waals surface area contributed by atoms with Crippen LogP contribution in [0.5, 0.6) is 0 Å². The molecule has 12 heavy (non-hydrogen) atoms. The molecule has 3 heteroatoms. The minimum absolute atomic E-state index is 0.789. The van der Waals surface area contributed by atoms with Crippen molar-refractivity contribution >= 4 is 43.6 Å². The third-order valence-electron chi connectivity index (χ3n) is 1.51. The van der Waals surface area contributed by atoms with Crippen molar-refractivity contribution in [3.63, 3.8) is 0 Å². The summed E-state index contributed by atoms with van der Waals surface area (Å²) < 4.78 is 0.896. The van der Waals surface area contributed by atoms with Crippen molar-refractivity contribution in [2.24, 2.45) is 0 Å². The molecule has 0 aliphatic rings. The lowest BCUT2D eigenvalue weighted by atomic mass is 10.1. The number of rotatable bonds is 1. The zero-order chi connectivity index (χ0) is 9.14. The maximum absolute atomic E-state index is 5.75. The molecule has 2 N–H and O–H groups in total. The van der Waals surface area contributed by atoms with Gasteiger partial charge in [0.15, 0.2) is 0 Å². The first kappa shape index (κ1) is 9.81. The van der Waals surface area contributed by atoms with Gasteiger partial charge in [0, 0.05) is 5.69 Å². The van der Waals surface area contributed by atoms with E-state index in [1.54, 1.807) is 0 Å². The van der Waals surface area contributed by atoms with Gasteiger partial charge >= 0.3 is 0 Å². The third-order valence-corrected chi connectivity index (χ3v) is 1.96. The van der Waals surface area contributed by atoms with E-state index in [0.29, 0.717) is 0 Å². The quantitative estimate of drug-likeness (QED) is 0.785. The number of benzene rings is 1. The molecule has 1 nitrogen and oxygen atoms in total. The Morgan fingerprint density at radius 2 is 2.08 bits per heavy atom. The van der Waals surface area contributed by atoms with Gasteiger partial charge in [0.25, 0.3) is 0 Å². The van der Waals surface area contributed by atoms with E-state index < -0.39 is 0 Å². The Labute approximate surface area is 88.9 Å². The molecule has 1 aromatic rings. The maximum Gasteiger partial charge on any atom is 0.0610 e. The van der Waals surface area contributed by atoms with E-state index in [-0.39, 0.29) is 0 Å². The van der Waals surface area contributed by atoms with Crippen LogP contribution in [-0.2, 0) is 0 Å². The van der Waals surface area contributed by atoms with Crippen LogP contribution in [0.25, 0.3) is 6.08 Å². The van der Waals surface area contributed by atoms with Crippen LogP contribution in [0.4, 0.5) is 5.69 Å². The van der Waals surface area contributed by atoms with E-state index in [1.807, 2.05) is 31.2 Å². The van der Waals surface area contributed by atoms with Crippen molar-refractivity contribution in [1.29, 1.82) is 0 Å². The zero-order valence-corrected chi connectivity index (χ0v) is 9.81. The Bertz CT molecular complexity index is 314. The van der Waals surface area contributed by atoms with Crippen LogP contribution in [0.3, 0.4) is 0 Å². The van der Waals surface area contributed by atoms with E-state index in [1.165, 1.54) is 5.56 Å². The summed E-state index contributed by atoms with van der Waals surface area (Å²) in [4.78, 5) is 0. The molecule has 0 atom stereocenters. The lowest BCUT2D eigenvalue weighted by molar-refractivity contribution is 1.46. The van der Waals surface area contributed by atoms with Crippen molar-refractivity contribution in [2.75, 3.05) is 5.73 Å². The molecule has 0 aromatic heterocycles. The van der Waals surface area contributed by atoms with Crippen LogP contribution in [0, 0.1) is 6.92 Å². The fourth-order valence-corrected chi connectivity index (χ4v) is 1.43. The van der Waals surface area contributed by atoms with Gasteiger partial charge in [0.1, 0.15) is 0 Å². The zero-order valence-electron chi connectivity index (χ0n) is 6.64. The Balaban J connectivity index is 3.14. The number of halogens is 2.